The predicted octanol–water partition coefficient (Wildman–Crippen LogP) is 0.320. The van der Waals surface area contributed by atoms with E-state index in [4.69, 9.17) is 15.0 Å². The van der Waals surface area contributed by atoms with Gasteiger partial charge in [-0.15, -0.1) is 0 Å². The molecule has 2 N–H and O–H groups in total. The van der Waals surface area contributed by atoms with Gasteiger partial charge < -0.3 is 22.6 Å². The molecule has 7 heteroatoms. The van der Waals surface area contributed by atoms with Crippen LogP contribution in [0.3, 0.4) is 0 Å². The Kier molecular flexibility index (Phi) is 43.7. The number of carbonyl (C=O) groups is 1. The van der Waals surface area contributed by atoms with E-state index in [0.29, 0.717) is 6.47 Å². The molecule has 0 heterocycles. The third-order valence-electron chi connectivity index (χ3n) is 0.325. The van der Waals surface area contributed by atoms with Crippen molar-refractivity contribution in [2.24, 2.45) is 0 Å². The average Bonchev–Trinajstić information content (AvgIpc) is 1.85. The molecule has 0 aliphatic heterocycles. The zero-order valence-electron chi connectivity index (χ0n) is 8.52. The Balaban J connectivity index is -0.0000000208. The van der Waals surface area contributed by atoms with E-state index in [2.05, 4.69) is 11.3 Å². The number of rotatable bonds is 2. The van der Waals surface area contributed by atoms with Crippen LogP contribution in [-0.4, -0.2) is 78.3 Å². The molecule has 0 unspecified atom stereocenters. The van der Waals surface area contributed by atoms with Gasteiger partial charge in [-0.25, -0.2) is 4.79 Å². The fourth-order valence-corrected chi connectivity index (χ4v) is 0.130. The SMILES string of the molecule is C=CCOC(=O)O.O=[C-]O.[Ba+2].[Cd].[H-].[H-]. The van der Waals surface area contributed by atoms with Crippen molar-refractivity contribution in [3.8, 4) is 0 Å². The first-order valence-corrected chi connectivity index (χ1v) is 2.16. The van der Waals surface area contributed by atoms with Crippen molar-refractivity contribution in [1.29, 1.82) is 0 Å². The Morgan fingerprint density at radius 3 is 2.17 bits per heavy atom. The molecule has 64 valence electrons. The molecule has 0 saturated heterocycles. The Morgan fingerprint density at radius 2 is 2.08 bits per heavy atom. The molecule has 0 rings (SSSR count). The first-order valence-electron chi connectivity index (χ1n) is 2.16. The van der Waals surface area contributed by atoms with Crippen molar-refractivity contribution >= 4 is 61.5 Å². The minimum absolute atomic E-state index is 0. The molecule has 5 nitrogen and oxygen atoms in total. The molecule has 0 aromatic rings. The average molecular weight is 399 g/mol. The molecule has 0 bridgehead atoms. The first kappa shape index (κ1) is 23.1. The van der Waals surface area contributed by atoms with Crippen LogP contribution in [0.4, 0.5) is 4.79 Å². The largest absolute Gasteiger partial charge is 2.00 e. The smallest absolute Gasteiger partial charge is 1.00 e. The van der Waals surface area contributed by atoms with Gasteiger partial charge in [0.05, 0.1) is 0 Å². The van der Waals surface area contributed by atoms with Crippen LogP contribution in [0, 0.1) is 0 Å². The number of aliphatic hydroxyl groups excluding tert-OH is 1. The molecule has 0 aromatic carbocycles. The van der Waals surface area contributed by atoms with Crippen LogP contribution in [0.25, 0.3) is 0 Å². The van der Waals surface area contributed by atoms with Crippen LogP contribution >= 0.6 is 0 Å². The van der Waals surface area contributed by atoms with Gasteiger partial charge in [-0.05, 0) is 0 Å². The van der Waals surface area contributed by atoms with Gasteiger partial charge in [-0.3, -0.25) is 0 Å². The van der Waals surface area contributed by atoms with E-state index < -0.39 is 6.16 Å². The van der Waals surface area contributed by atoms with Gasteiger partial charge in [0.15, 0.2) is 0 Å². The summed E-state index contributed by atoms with van der Waals surface area (Å²) < 4.78 is 3.99. The van der Waals surface area contributed by atoms with E-state index in [1.807, 2.05) is 0 Å². The zero-order valence-corrected chi connectivity index (χ0v) is 15.0. The molecular formula is C5H9BaCdO5-. The van der Waals surface area contributed by atoms with Crippen molar-refractivity contribution in [2.45, 2.75) is 0 Å². The van der Waals surface area contributed by atoms with Crippen molar-refractivity contribution in [1.82, 2.24) is 0 Å². The third-order valence-corrected chi connectivity index (χ3v) is 0.325. The van der Waals surface area contributed by atoms with Crippen molar-refractivity contribution in [2.75, 3.05) is 6.61 Å². The van der Waals surface area contributed by atoms with Crippen LogP contribution in [0.5, 0.6) is 0 Å². The number of carboxylic acid groups (broad SMARTS) is 1. The maximum absolute atomic E-state index is 9.49. The van der Waals surface area contributed by atoms with E-state index in [0.717, 1.165) is 0 Å². The van der Waals surface area contributed by atoms with Crippen molar-refractivity contribution < 1.29 is 54.7 Å². The Labute approximate surface area is 133 Å². The molecule has 0 amide bonds. The minimum atomic E-state index is -1.26. The van der Waals surface area contributed by atoms with E-state index >= 15 is 0 Å². The Bertz CT molecular complexity index is 127. The van der Waals surface area contributed by atoms with Gasteiger partial charge in [0.1, 0.15) is 6.61 Å². The summed E-state index contributed by atoms with van der Waals surface area (Å²) in [6, 6.07) is 0. The fraction of sp³-hybridized carbons (Fsp3) is 0.200. The minimum Gasteiger partial charge on any atom is -1.00 e. The summed E-state index contributed by atoms with van der Waals surface area (Å²) in [5.41, 5.74) is 0. The summed E-state index contributed by atoms with van der Waals surface area (Å²) in [5, 5.41) is 14.5. The summed E-state index contributed by atoms with van der Waals surface area (Å²) in [5.74, 6) is 0. The monoisotopic (exact) mass is 401 g/mol. The molecule has 0 radical (unpaired) electrons. The Morgan fingerprint density at radius 1 is 1.75 bits per heavy atom. The summed E-state index contributed by atoms with van der Waals surface area (Å²) >= 11 is 0. The van der Waals surface area contributed by atoms with Crippen molar-refractivity contribution in [3.05, 3.63) is 12.7 Å². The standard InChI is InChI=1S/C4H6O3.CHO2.Ba.Cd.2H/c1-2-3-7-4(5)6;2-1-3;;;;/h2H,1,3H2,(H,5,6);(H,2,3);;;;/q;-1;+2;;2*-1. The van der Waals surface area contributed by atoms with E-state index in [1.165, 1.54) is 6.08 Å². The summed E-state index contributed by atoms with van der Waals surface area (Å²) in [6.07, 6.45) is 0.105. The number of ether oxygens (including phenoxy) is 1. The van der Waals surface area contributed by atoms with E-state index in [9.17, 15) is 4.79 Å². The normalized spacial score (nSPS) is 5.33. The predicted molar refractivity (Wildman–Crippen MR) is 40.5 cm³/mol. The second kappa shape index (κ2) is 22.7. The zero-order chi connectivity index (χ0) is 8.41. The number of hydrogen-bond donors (Lipinski definition) is 2. The van der Waals surface area contributed by atoms with Gasteiger partial charge >= 0.3 is 55.0 Å². The molecule has 12 heavy (non-hydrogen) atoms. The fourth-order valence-electron chi connectivity index (χ4n) is 0.130. The second-order valence-corrected chi connectivity index (χ2v) is 0.957. The maximum Gasteiger partial charge on any atom is 2.00 e. The van der Waals surface area contributed by atoms with Crippen LogP contribution < -0.4 is 0 Å². The second-order valence-electron chi connectivity index (χ2n) is 0.957. The Hall–Kier alpha value is 0.974. The first-order chi connectivity index (χ1) is 4.68. The van der Waals surface area contributed by atoms with Crippen molar-refractivity contribution in [3.63, 3.8) is 0 Å². The van der Waals surface area contributed by atoms with E-state index in [1.54, 1.807) is 0 Å². The molecule has 0 fully saturated rings. The van der Waals surface area contributed by atoms with Gasteiger partial charge in [0, 0.05) is 27.3 Å². The molecule has 0 saturated carbocycles. The number of hydrogen-bond acceptors (Lipinski definition) is 3. The van der Waals surface area contributed by atoms with Gasteiger partial charge in [-0.1, -0.05) is 19.1 Å². The van der Waals surface area contributed by atoms with Crippen LogP contribution in [-0.2, 0) is 36.8 Å². The third kappa shape index (κ3) is 44.1. The van der Waals surface area contributed by atoms with Gasteiger partial charge in [0.2, 0.25) is 0 Å². The quantitative estimate of drug-likeness (QED) is 0.303. The molecule has 0 aromatic heterocycles. The van der Waals surface area contributed by atoms with Gasteiger partial charge in [0.25, 0.3) is 0 Å². The summed E-state index contributed by atoms with van der Waals surface area (Å²) in [6.45, 7) is 3.81. The molecule has 0 aliphatic rings. The van der Waals surface area contributed by atoms with Crippen LogP contribution in [0.15, 0.2) is 12.7 Å². The molecular weight excluding hydrogens is 390 g/mol. The molecule has 0 aliphatic carbocycles. The van der Waals surface area contributed by atoms with E-state index in [-0.39, 0.29) is 85.6 Å². The topological polar surface area (TPSA) is 83.8 Å². The summed E-state index contributed by atoms with van der Waals surface area (Å²) in [7, 11) is 0. The van der Waals surface area contributed by atoms with Crippen LogP contribution in [0.2, 0.25) is 0 Å². The maximum atomic E-state index is 9.49. The van der Waals surface area contributed by atoms with Crippen LogP contribution in [0.1, 0.15) is 2.85 Å². The molecule has 0 atom stereocenters. The molecule has 0 spiro atoms. The summed E-state index contributed by atoms with van der Waals surface area (Å²) in [4.78, 5) is 17.7. The van der Waals surface area contributed by atoms with Gasteiger partial charge in [-0.2, -0.15) is 0 Å².